The molecule has 0 heterocycles. The van der Waals surface area contributed by atoms with E-state index in [1.807, 2.05) is 54.6 Å². The molecule has 0 aliphatic heterocycles. The molecule has 0 atom stereocenters. The summed E-state index contributed by atoms with van der Waals surface area (Å²) in [4.78, 5) is 2.64. The van der Waals surface area contributed by atoms with Gasteiger partial charge in [0.05, 0.1) is 0 Å². The average molecular weight is 286 g/mol. The average Bonchev–Trinajstić information content (AvgIpc) is 2.90. The Morgan fingerprint density at radius 3 is 2.33 bits per heavy atom. The van der Waals surface area contributed by atoms with E-state index in [4.69, 9.17) is 5.53 Å². The molecule has 2 aromatic carbocycles. The summed E-state index contributed by atoms with van der Waals surface area (Å²) in [6.45, 7) is 0.462. The van der Waals surface area contributed by atoms with Gasteiger partial charge in [-0.3, -0.25) is 0 Å². The number of hydrogen-bond acceptors (Lipinski definition) is 1. The summed E-state index contributed by atoms with van der Waals surface area (Å²) in [5, 5.41) is 3.39. The van der Waals surface area contributed by atoms with Gasteiger partial charge in [0.25, 0.3) is 0 Å². The van der Waals surface area contributed by atoms with Crippen LogP contribution in [0.2, 0.25) is 0 Å². The Morgan fingerprint density at radius 1 is 1.20 bits per heavy atom. The zero-order valence-electron chi connectivity index (χ0n) is 8.10. The molecule has 0 saturated carbocycles. The summed E-state index contributed by atoms with van der Waals surface area (Å²) in [7, 11) is 0. The molecule has 0 saturated heterocycles. The minimum Gasteiger partial charge on any atom is -0.214 e. The summed E-state index contributed by atoms with van der Waals surface area (Å²) in [6.07, 6.45) is 0. The molecule has 2 rings (SSSR count). The maximum Gasteiger partial charge on any atom is 2.00 e. The zero-order chi connectivity index (χ0) is 10.1. The molecular formula is C11H11N3Ru. The van der Waals surface area contributed by atoms with Crippen molar-refractivity contribution < 1.29 is 19.5 Å². The molecule has 15 heavy (non-hydrogen) atoms. The van der Waals surface area contributed by atoms with Gasteiger partial charge in [-0.25, -0.2) is 18.2 Å². The topological polar surface area (TPSA) is 48.8 Å². The van der Waals surface area contributed by atoms with Gasteiger partial charge in [-0.15, -0.1) is 5.11 Å². The maximum atomic E-state index is 7.92. The Kier molecular flexibility index (Phi) is 8.36. The zero-order valence-corrected chi connectivity index (χ0v) is 9.84. The molecule has 0 radical (unpaired) electrons. The van der Waals surface area contributed by atoms with E-state index in [1.54, 1.807) is 0 Å². The van der Waals surface area contributed by atoms with Crippen LogP contribution in [0, 0.1) is 0 Å². The van der Waals surface area contributed by atoms with Gasteiger partial charge in [0.1, 0.15) is 0 Å². The van der Waals surface area contributed by atoms with Crippen LogP contribution in [0.5, 0.6) is 0 Å². The fraction of sp³-hybridized carbons (Fsp3) is 0.0909. The summed E-state index contributed by atoms with van der Waals surface area (Å²) in [5.74, 6) is 0. The molecule has 4 heteroatoms. The van der Waals surface area contributed by atoms with Crippen LogP contribution >= 0.6 is 0 Å². The first-order valence-electron chi connectivity index (χ1n) is 4.31. The van der Waals surface area contributed by atoms with Crippen LogP contribution in [0.15, 0.2) is 59.7 Å². The summed E-state index contributed by atoms with van der Waals surface area (Å²) < 4.78 is 0. The van der Waals surface area contributed by atoms with Crippen molar-refractivity contribution in [3.05, 3.63) is 70.6 Å². The summed E-state index contributed by atoms with van der Waals surface area (Å²) >= 11 is 0. The Labute approximate surface area is 102 Å². The first-order valence-corrected chi connectivity index (χ1v) is 4.31. The minimum absolute atomic E-state index is 0. The van der Waals surface area contributed by atoms with Gasteiger partial charge < -0.3 is 0 Å². The molecule has 0 N–H and O–H groups in total. The van der Waals surface area contributed by atoms with E-state index in [-0.39, 0.29) is 19.5 Å². The van der Waals surface area contributed by atoms with Gasteiger partial charge in [-0.05, 0) is 12.1 Å². The van der Waals surface area contributed by atoms with E-state index in [0.29, 0.717) is 6.54 Å². The van der Waals surface area contributed by atoms with Crippen LogP contribution < -0.4 is 0 Å². The van der Waals surface area contributed by atoms with Crippen molar-refractivity contribution in [1.82, 2.24) is 0 Å². The normalized spacial score (nSPS) is 7.73. The minimum atomic E-state index is 0. The molecule has 0 amide bonds. The van der Waals surface area contributed by atoms with Gasteiger partial charge >= 0.3 is 19.5 Å². The molecule has 2 aromatic rings. The van der Waals surface area contributed by atoms with Gasteiger partial charge in [-0.1, -0.05) is 0 Å². The number of hydrogen-bond donors (Lipinski definition) is 0. The number of rotatable bonds is 2. The third-order valence-corrected chi connectivity index (χ3v) is 1.60. The molecule has 78 valence electrons. The predicted molar refractivity (Wildman–Crippen MR) is 56.9 cm³/mol. The quantitative estimate of drug-likeness (QED) is 0.266. The first-order chi connectivity index (χ1) is 6.93. The summed E-state index contributed by atoms with van der Waals surface area (Å²) in [5.41, 5.74) is 8.99. The van der Waals surface area contributed by atoms with Crippen molar-refractivity contribution in [2.24, 2.45) is 5.11 Å². The van der Waals surface area contributed by atoms with Crippen LogP contribution in [0.4, 0.5) is 0 Å². The molecular weight excluding hydrogens is 275 g/mol. The van der Waals surface area contributed by atoms with Crippen molar-refractivity contribution >= 4 is 0 Å². The van der Waals surface area contributed by atoms with Crippen molar-refractivity contribution in [2.45, 2.75) is 6.54 Å². The van der Waals surface area contributed by atoms with E-state index < -0.39 is 0 Å². The van der Waals surface area contributed by atoms with Gasteiger partial charge in [0, 0.05) is 4.91 Å². The van der Waals surface area contributed by atoms with Crippen molar-refractivity contribution in [3.8, 4) is 0 Å². The first kappa shape index (κ1) is 13.6. The smallest absolute Gasteiger partial charge is 0.214 e. The van der Waals surface area contributed by atoms with Gasteiger partial charge in [-0.2, -0.15) is 42.0 Å². The molecule has 0 unspecified atom stereocenters. The van der Waals surface area contributed by atoms with Gasteiger partial charge in [0.15, 0.2) is 0 Å². The molecule has 0 spiro atoms. The third kappa shape index (κ3) is 6.67. The van der Waals surface area contributed by atoms with E-state index >= 15 is 0 Å². The SMILES string of the molecule is [N-]=[N+]=NCc1cc[cH-]c1.[Ru+2].c1cc[cH-]c1. The van der Waals surface area contributed by atoms with Crippen LogP contribution in [-0.2, 0) is 26.0 Å². The van der Waals surface area contributed by atoms with Crippen LogP contribution in [0.1, 0.15) is 5.56 Å². The molecule has 0 fully saturated rings. The number of nitrogens with zero attached hydrogens (tertiary/aromatic N) is 3. The van der Waals surface area contributed by atoms with Crippen molar-refractivity contribution in [1.29, 1.82) is 0 Å². The van der Waals surface area contributed by atoms with Crippen LogP contribution in [0.3, 0.4) is 0 Å². The third-order valence-electron chi connectivity index (χ3n) is 1.60. The molecule has 0 aliphatic rings. The molecule has 0 bridgehead atoms. The predicted octanol–water partition coefficient (Wildman–Crippen LogP) is 3.62. The fourth-order valence-corrected chi connectivity index (χ4v) is 0.953. The van der Waals surface area contributed by atoms with Crippen molar-refractivity contribution in [2.75, 3.05) is 0 Å². The number of azide groups is 1. The second-order valence-corrected chi connectivity index (χ2v) is 2.64. The maximum absolute atomic E-state index is 7.92. The Bertz CT molecular complexity index is 341. The van der Waals surface area contributed by atoms with Crippen molar-refractivity contribution in [3.63, 3.8) is 0 Å². The van der Waals surface area contributed by atoms with Crippen LogP contribution in [-0.4, -0.2) is 0 Å². The van der Waals surface area contributed by atoms with E-state index in [2.05, 4.69) is 10.0 Å². The standard InChI is InChI=1S/C6H6N3.C5H5.Ru/c7-9-8-5-6-3-1-2-4-6;1-2-4-5-3-1;/h1-4H,5H2;1-5H;/q2*-1;+2. The Balaban J connectivity index is 0.000000280. The Hall–Kier alpha value is -1.37. The second kappa shape index (κ2) is 9.20. The Morgan fingerprint density at radius 2 is 1.93 bits per heavy atom. The van der Waals surface area contributed by atoms with E-state index in [1.165, 1.54) is 0 Å². The molecule has 0 aliphatic carbocycles. The molecule has 0 aromatic heterocycles. The van der Waals surface area contributed by atoms with E-state index in [9.17, 15) is 0 Å². The van der Waals surface area contributed by atoms with E-state index in [0.717, 1.165) is 5.56 Å². The monoisotopic (exact) mass is 287 g/mol. The summed E-state index contributed by atoms with van der Waals surface area (Å²) in [6, 6.07) is 17.7. The molecule has 3 nitrogen and oxygen atoms in total. The van der Waals surface area contributed by atoms with Gasteiger partial charge in [0.2, 0.25) is 0 Å². The van der Waals surface area contributed by atoms with Crippen LogP contribution in [0.25, 0.3) is 10.4 Å². The second-order valence-electron chi connectivity index (χ2n) is 2.64. The fourth-order valence-electron chi connectivity index (χ4n) is 0.953. The largest absolute Gasteiger partial charge is 2.00 e.